The van der Waals surface area contributed by atoms with Crippen LogP contribution in [-0.4, -0.2) is 57.7 Å². The number of hydrogen-bond donors (Lipinski definition) is 1. The highest BCUT2D eigenvalue weighted by molar-refractivity contribution is 5.94. The summed E-state index contributed by atoms with van der Waals surface area (Å²) in [5.74, 6) is 0.738. The summed E-state index contributed by atoms with van der Waals surface area (Å²) in [5, 5.41) is 8.55. The van der Waals surface area contributed by atoms with Gasteiger partial charge < -0.3 is 14.6 Å². The van der Waals surface area contributed by atoms with Gasteiger partial charge in [-0.15, -0.1) is 0 Å². The van der Waals surface area contributed by atoms with Gasteiger partial charge >= 0.3 is 0 Å². The van der Waals surface area contributed by atoms with E-state index in [4.69, 9.17) is 4.42 Å². The Bertz CT molecular complexity index is 1080. The van der Waals surface area contributed by atoms with Gasteiger partial charge in [-0.05, 0) is 62.9 Å². The normalized spacial score (nSPS) is 19.2. The Balaban J connectivity index is 1.18. The van der Waals surface area contributed by atoms with Crippen LogP contribution in [0, 0.1) is 0 Å². The molecule has 3 heterocycles. The van der Waals surface area contributed by atoms with Gasteiger partial charge in [0.05, 0.1) is 12.8 Å². The van der Waals surface area contributed by atoms with Gasteiger partial charge in [0, 0.05) is 44.0 Å². The van der Waals surface area contributed by atoms with Crippen molar-refractivity contribution in [3.8, 4) is 0 Å². The Morgan fingerprint density at radius 2 is 1.91 bits per heavy atom. The predicted octanol–water partition coefficient (Wildman–Crippen LogP) is 3.40. The van der Waals surface area contributed by atoms with Crippen LogP contribution in [0.5, 0.6) is 0 Å². The van der Waals surface area contributed by atoms with Crippen LogP contribution in [0.1, 0.15) is 52.3 Å². The number of furan rings is 1. The van der Waals surface area contributed by atoms with E-state index in [0.717, 1.165) is 50.2 Å². The zero-order chi connectivity index (χ0) is 23.5. The van der Waals surface area contributed by atoms with Crippen LogP contribution in [0.25, 0.3) is 0 Å². The molecule has 1 N–H and O–H groups in total. The number of piperidine rings is 1. The average molecular weight is 462 g/mol. The topological polar surface area (TPSA) is 66.5 Å². The lowest BCUT2D eigenvalue weighted by Crippen LogP contribution is -2.47. The van der Waals surface area contributed by atoms with Crippen molar-refractivity contribution in [3.05, 3.63) is 77.0 Å². The lowest BCUT2D eigenvalue weighted by Gasteiger charge is -2.35. The van der Waals surface area contributed by atoms with Crippen molar-refractivity contribution in [3.63, 3.8) is 0 Å². The van der Waals surface area contributed by atoms with Crippen molar-refractivity contribution < 1.29 is 9.21 Å². The Labute approximate surface area is 201 Å². The maximum absolute atomic E-state index is 13.2. The van der Waals surface area contributed by atoms with E-state index in [0.29, 0.717) is 24.3 Å². The molecule has 7 nitrogen and oxygen atoms in total. The summed E-state index contributed by atoms with van der Waals surface area (Å²) in [4.78, 5) is 17.5. The Hall–Kier alpha value is -2.90. The third kappa shape index (κ3) is 5.10. The second-order valence-electron chi connectivity index (χ2n) is 9.78. The number of benzene rings is 1. The fourth-order valence-electron chi connectivity index (χ4n) is 5.42. The monoisotopic (exact) mass is 461 g/mol. The van der Waals surface area contributed by atoms with E-state index in [2.05, 4.69) is 45.6 Å². The molecule has 0 spiro atoms. The highest BCUT2D eigenvalue weighted by atomic mass is 16.3. The third-order valence-corrected chi connectivity index (χ3v) is 7.29. The van der Waals surface area contributed by atoms with Crippen LogP contribution in [0.3, 0.4) is 0 Å². The van der Waals surface area contributed by atoms with Crippen LogP contribution in [0.4, 0.5) is 0 Å². The second kappa shape index (κ2) is 10.2. The smallest absolute Gasteiger partial charge is 0.274 e. The molecule has 1 aromatic carbocycles. The lowest BCUT2D eigenvalue weighted by atomic mass is 9.89. The molecule has 1 aliphatic carbocycles. The summed E-state index contributed by atoms with van der Waals surface area (Å²) in [6, 6.07) is 15.4. The second-order valence-corrected chi connectivity index (χ2v) is 9.78. The van der Waals surface area contributed by atoms with E-state index >= 15 is 0 Å². The molecule has 1 fully saturated rings. The first-order chi connectivity index (χ1) is 16.6. The first-order valence-electron chi connectivity index (χ1n) is 12.4. The molecule has 2 aromatic heterocycles. The van der Waals surface area contributed by atoms with Gasteiger partial charge in [-0.2, -0.15) is 5.10 Å². The van der Waals surface area contributed by atoms with Gasteiger partial charge in [-0.3, -0.25) is 14.4 Å². The van der Waals surface area contributed by atoms with Crippen molar-refractivity contribution in [2.75, 3.05) is 20.1 Å². The minimum atomic E-state index is -0.0388. The summed E-state index contributed by atoms with van der Waals surface area (Å²) < 4.78 is 7.32. The van der Waals surface area contributed by atoms with Gasteiger partial charge in [0.1, 0.15) is 5.76 Å². The number of carbonyl (C=O) groups is 1. The number of aromatic nitrogens is 2. The lowest BCUT2D eigenvalue weighted by molar-refractivity contribution is 0.0767. The molecule has 0 saturated carbocycles. The molecule has 1 amide bonds. The molecule has 34 heavy (non-hydrogen) atoms. The van der Waals surface area contributed by atoms with Gasteiger partial charge in [0.25, 0.3) is 5.91 Å². The summed E-state index contributed by atoms with van der Waals surface area (Å²) in [6.07, 6.45) is 6.88. The number of rotatable bonds is 7. The van der Waals surface area contributed by atoms with Crippen molar-refractivity contribution in [1.29, 1.82) is 0 Å². The van der Waals surface area contributed by atoms with E-state index < -0.39 is 0 Å². The highest BCUT2D eigenvalue weighted by Crippen LogP contribution is 2.27. The van der Waals surface area contributed by atoms with E-state index in [9.17, 15) is 4.79 Å². The molecule has 1 aliphatic heterocycles. The first kappa shape index (κ1) is 22.9. The van der Waals surface area contributed by atoms with Gasteiger partial charge in [0.15, 0.2) is 5.69 Å². The molecule has 0 bridgehead atoms. The van der Waals surface area contributed by atoms with Crippen LogP contribution < -0.4 is 5.32 Å². The van der Waals surface area contributed by atoms with Crippen molar-refractivity contribution in [1.82, 2.24) is 24.9 Å². The first-order valence-corrected chi connectivity index (χ1v) is 12.4. The number of nitrogens with zero attached hydrogens (tertiary/aromatic N) is 4. The molecule has 5 rings (SSSR count). The average Bonchev–Trinajstić information content (AvgIpc) is 3.48. The van der Waals surface area contributed by atoms with E-state index in [1.807, 2.05) is 30.9 Å². The predicted molar refractivity (Wildman–Crippen MR) is 131 cm³/mol. The van der Waals surface area contributed by atoms with Crippen LogP contribution in [0.2, 0.25) is 0 Å². The number of hydrogen-bond acceptors (Lipinski definition) is 5. The molecule has 1 saturated heterocycles. The quantitative estimate of drug-likeness (QED) is 0.584. The summed E-state index contributed by atoms with van der Waals surface area (Å²) in [6.45, 7) is 3.73. The zero-order valence-electron chi connectivity index (χ0n) is 20.2. The maximum Gasteiger partial charge on any atom is 0.274 e. The zero-order valence-corrected chi connectivity index (χ0v) is 20.2. The molecule has 180 valence electrons. The van der Waals surface area contributed by atoms with Crippen molar-refractivity contribution >= 4 is 5.91 Å². The molecule has 1 atom stereocenters. The van der Waals surface area contributed by atoms with Crippen LogP contribution in [-0.2, 0) is 33.0 Å². The highest BCUT2D eigenvalue weighted by Gasteiger charge is 2.31. The van der Waals surface area contributed by atoms with Crippen LogP contribution >= 0.6 is 0 Å². The molecule has 3 aromatic rings. The summed E-state index contributed by atoms with van der Waals surface area (Å²) in [5.41, 5.74) is 4.30. The maximum atomic E-state index is 13.2. The van der Waals surface area contributed by atoms with E-state index in [1.54, 1.807) is 11.2 Å². The minimum absolute atomic E-state index is 0.0388. The van der Waals surface area contributed by atoms with Gasteiger partial charge in [-0.1, -0.05) is 30.3 Å². The summed E-state index contributed by atoms with van der Waals surface area (Å²) in [7, 11) is 3.77. The number of fused-ring (bicyclic) bond motifs is 1. The largest absolute Gasteiger partial charge is 0.467 e. The Morgan fingerprint density at radius 3 is 2.65 bits per heavy atom. The standard InChI is InChI=1S/C27H35N5O2/c1-30(19-23-9-6-16-34-23)27(33)26-24-17-22(10-11-25(24)31(2)29-26)28-21-12-14-32(15-13-21)18-20-7-4-3-5-8-20/h3-9,16,21-22,28H,10-15,17-19H2,1-2H3. The number of carbonyl (C=O) groups excluding carboxylic acids is 1. The minimum Gasteiger partial charge on any atom is -0.467 e. The number of amides is 1. The van der Waals surface area contributed by atoms with Gasteiger partial charge in [0.2, 0.25) is 0 Å². The van der Waals surface area contributed by atoms with E-state index in [1.165, 1.54) is 24.1 Å². The van der Waals surface area contributed by atoms with Crippen LogP contribution in [0.15, 0.2) is 53.1 Å². The fourth-order valence-corrected chi connectivity index (χ4v) is 5.42. The van der Waals surface area contributed by atoms with Crippen molar-refractivity contribution in [2.24, 2.45) is 7.05 Å². The fraction of sp³-hybridized carbons (Fsp3) is 0.481. The molecular weight excluding hydrogens is 426 g/mol. The van der Waals surface area contributed by atoms with E-state index in [-0.39, 0.29) is 5.91 Å². The molecule has 7 heteroatoms. The number of nitrogens with one attached hydrogen (secondary N) is 1. The Morgan fingerprint density at radius 1 is 1.12 bits per heavy atom. The molecule has 0 radical (unpaired) electrons. The third-order valence-electron chi connectivity index (χ3n) is 7.29. The Kier molecular flexibility index (Phi) is 6.83. The van der Waals surface area contributed by atoms with Crippen molar-refractivity contribution in [2.45, 2.75) is 57.3 Å². The summed E-state index contributed by atoms with van der Waals surface area (Å²) >= 11 is 0. The number of likely N-dealkylation sites (tertiary alicyclic amines) is 1. The molecule has 1 unspecified atom stereocenters. The molecule has 2 aliphatic rings. The number of aryl methyl sites for hydroxylation is 1. The molecular formula is C27H35N5O2. The van der Waals surface area contributed by atoms with Gasteiger partial charge in [-0.25, -0.2) is 0 Å². The SMILES string of the molecule is CN(Cc1ccco1)C(=O)c1nn(C)c2c1CC(NC1CCN(Cc3ccccc3)CC1)CC2.